The normalized spacial score (nSPS) is 17.8. The number of carbonyl (C=O) groups is 4. The van der Waals surface area contributed by atoms with Crippen LogP contribution < -0.4 is 10.2 Å². The molecule has 3 amide bonds. The van der Waals surface area contributed by atoms with E-state index >= 15 is 0 Å². The van der Waals surface area contributed by atoms with Crippen molar-refractivity contribution < 1.29 is 28.7 Å². The summed E-state index contributed by atoms with van der Waals surface area (Å²) in [4.78, 5) is 50.2. The number of nitrogens with one attached hydrogen (secondary N) is 1. The number of amides is 3. The minimum Gasteiger partial charge on any atom is -0.458 e. The number of benzene rings is 2. The van der Waals surface area contributed by atoms with E-state index in [-0.39, 0.29) is 29.8 Å². The average molecular weight is 394 g/mol. The number of imide groups is 1. The van der Waals surface area contributed by atoms with Gasteiger partial charge < -0.3 is 14.8 Å². The van der Waals surface area contributed by atoms with Gasteiger partial charge in [0.25, 0.3) is 11.8 Å². The van der Waals surface area contributed by atoms with E-state index < -0.39 is 30.0 Å². The van der Waals surface area contributed by atoms with Crippen molar-refractivity contribution in [3.8, 4) is 0 Å². The van der Waals surface area contributed by atoms with Crippen LogP contribution in [0.2, 0.25) is 0 Å². The molecule has 8 nitrogen and oxygen atoms in total. The first-order chi connectivity index (χ1) is 13.8. The molecule has 4 rings (SSSR count). The lowest BCUT2D eigenvalue weighted by atomic mass is 10.1. The third kappa shape index (κ3) is 3.33. The van der Waals surface area contributed by atoms with Gasteiger partial charge in [0, 0.05) is 0 Å². The largest absolute Gasteiger partial charge is 0.458 e. The summed E-state index contributed by atoms with van der Waals surface area (Å²) in [6.07, 6.45) is -1.11. The van der Waals surface area contributed by atoms with Gasteiger partial charge in [0.1, 0.15) is 6.61 Å². The van der Waals surface area contributed by atoms with E-state index in [9.17, 15) is 19.2 Å². The highest BCUT2D eigenvalue weighted by molar-refractivity contribution is 6.35. The highest BCUT2D eigenvalue weighted by atomic mass is 16.6. The number of alkyl carbamates (subject to hydrolysis) is 1. The van der Waals surface area contributed by atoms with Crippen molar-refractivity contribution in [2.75, 3.05) is 18.1 Å². The Morgan fingerprint density at radius 1 is 1.10 bits per heavy atom. The lowest BCUT2D eigenvalue weighted by molar-refractivity contribution is 0.0300. The van der Waals surface area contributed by atoms with Crippen molar-refractivity contribution in [1.29, 1.82) is 0 Å². The van der Waals surface area contributed by atoms with Gasteiger partial charge in [-0.3, -0.25) is 9.59 Å². The standard InChI is InChI=1S/C21H18N2O6/c1-11-3-4-12(2)17(7-11)23-18(24)15-6-5-13(8-16(15)19(23)25)20(26)28-10-14-9-22-21(27)29-14/h3-8,14H,9-10H2,1-2H3,(H,22,27). The van der Waals surface area contributed by atoms with E-state index in [4.69, 9.17) is 9.47 Å². The highest BCUT2D eigenvalue weighted by Crippen LogP contribution is 2.31. The van der Waals surface area contributed by atoms with Crippen molar-refractivity contribution in [1.82, 2.24) is 5.32 Å². The van der Waals surface area contributed by atoms with E-state index in [0.29, 0.717) is 5.69 Å². The first-order valence-corrected chi connectivity index (χ1v) is 9.07. The molecule has 0 bridgehead atoms. The molecule has 2 aromatic rings. The van der Waals surface area contributed by atoms with Gasteiger partial charge in [-0.2, -0.15) is 0 Å². The maximum absolute atomic E-state index is 12.9. The number of anilines is 1. The monoisotopic (exact) mass is 394 g/mol. The van der Waals surface area contributed by atoms with Crippen molar-refractivity contribution >= 4 is 29.6 Å². The molecule has 1 unspecified atom stereocenters. The fourth-order valence-electron chi connectivity index (χ4n) is 3.32. The topological polar surface area (TPSA) is 102 Å². The zero-order valence-electron chi connectivity index (χ0n) is 15.9. The summed E-state index contributed by atoms with van der Waals surface area (Å²) in [5, 5.41) is 2.47. The van der Waals surface area contributed by atoms with Crippen molar-refractivity contribution in [2.45, 2.75) is 20.0 Å². The molecule has 0 radical (unpaired) electrons. The lowest BCUT2D eigenvalue weighted by Crippen LogP contribution is -2.30. The number of hydrogen-bond acceptors (Lipinski definition) is 6. The fraction of sp³-hybridized carbons (Fsp3) is 0.238. The molecule has 0 saturated carbocycles. The van der Waals surface area contributed by atoms with Crippen LogP contribution in [0.15, 0.2) is 36.4 Å². The van der Waals surface area contributed by atoms with Crippen molar-refractivity contribution in [3.05, 3.63) is 64.2 Å². The Bertz CT molecular complexity index is 1060. The zero-order valence-corrected chi connectivity index (χ0v) is 15.9. The van der Waals surface area contributed by atoms with E-state index in [1.165, 1.54) is 18.2 Å². The zero-order chi connectivity index (χ0) is 20.7. The Morgan fingerprint density at radius 3 is 2.59 bits per heavy atom. The molecule has 1 N–H and O–H groups in total. The maximum atomic E-state index is 12.9. The second-order valence-electron chi connectivity index (χ2n) is 7.00. The number of ether oxygens (including phenoxy) is 2. The molecule has 1 atom stereocenters. The first kappa shape index (κ1) is 18.7. The van der Waals surface area contributed by atoms with Crippen LogP contribution in [-0.4, -0.2) is 43.1 Å². The minimum absolute atomic E-state index is 0.101. The maximum Gasteiger partial charge on any atom is 0.407 e. The molecule has 1 fully saturated rings. The molecule has 0 spiro atoms. The fourth-order valence-corrected chi connectivity index (χ4v) is 3.32. The quantitative estimate of drug-likeness (QED) is 0.631. The van der Waals surface area contributed by atoms with Crippen molar-refractivity contribution in [3.63, 3.8) is 0 Å². The Morgan fingerprint density at radius 2 is 1.86 bits per heavy atom. The van der Waals surface area contributed by atoms with E-state index in [2.05, 4.69) is 5.32 Å². The van der Waals surface area contributed by atoms with Gasteiger partial charge in [0.05, 0.1) is 28.9 Å². The van der Waals surface area contributed by atoms with E-state index in [1.54, 1.807) is 6.07 Å². The van der Waals surface area contributed by atoms with Gasteiger partial charge in [0.15, 0.2) is 6.10 Å². The summed E-state index contributed by atoms with van der Waals surface area (Å²) >= 11 is 0. The van der Waals surface area contributed by atoms with Gasteiger partial charge in [0.2, 0.25) is 0 Å². The molecule has 148 valence electrons. The number of aryl methyl sites for hydroxylation is 2. The van der Waals surface area contributed by atoms with Gasteiger partial charge >= 0.3 is 12.1 Å². The number of carbonyl (C=O) groups excluding carboxylic acids is 4. The molecular formula is C21H18N2O6. The summed E-state index contributed by atoms with van der Waals surface area (Å²) < 4.78 is 10.1. The van der Waals surface area contributed by atoms with Crippen LogP contribution in [0.4, 0.5) is 10.5 Å². The van der Waals surface area contributed by atoms with Crippen LogP contribution in [0, 0.1) is 13.8 Å². The molecule has 29 heavy (non-hydrogen) atoms. The van der Waals surface area contributed by atoms with Crippen LogP contribution in [0.5, 0.6) is 0 Å². The van der Waals surface area contributed by atoms with Crippen molar-refractivity contribution in [2.24, 2.45) is 0 Å². The predicted molar refractivity (Wildman–Crippen MR) is 102 cm³/mol. The molecular weight excluding hydrogens is 376 g/mol. The number of esters is 1. The van der Waals surface area contributed by atoms with Crippen LogP contribution in [0.25, 0.3) is 0 Å². The summed E-state index contributed by atoms with van der Waals surface area (Å²) in [6, 6.07) is 9.79. The first-order valence-electron chi connectivity index (χ1n) is 9.07. The SMILES string of the molecule is Cc1ccc(C)c(N2C(=O)c3ccc(C(=O)OCC4CNC(=O)O4)cc3C2=O)c1. The van der Waals surface area contributed by atoms with E-state index in [0.717, 1.165) is 16.0 Å². The molecule has 2 heterocycles. The van der Waals surface area contributed by atoms with Crippen LogP contribution in [-0.2, 0) is 9.47 Å². The third-order valence-electron chi connectivity index (χ3n) is 4.88. The van der Waals surface area contributed by atoms with Gasteiger partial charge in [-0.15, -0.1) is 0 Å². The summed E-state index contributed by atoms with van der Waals surface area (Å²) in [5.41, 5.74) is 2.78. The molecule has 2 aromatic carbocycles. The van der Waals surface area contributed by atoms with Crippen LogP contribution >= 0.6 is 0 Å². The molecule has 2 aliphatic rings. The van der Waals surface area contributed by atoms with E-state index in [1.807, 2.05) is 26.0 Å². The number of cyclic esters (lactones) is 1. The van der Waals surface area contributed by atoms with Gasteiger partial charge in [-0.1, -0.05) is 12.1 Å². The predicted octanol–water partition coefficient (Wildman–Crippen LogP) is 2.37. The third-order valence-corrected chi connectivity index (χ3v) is 4.88. The molecule has 0 aliphatic carbocycles. The molecule has 8 heteroatoms. The van der Waals surface area contributed by atoms with Crippen LogP contribution in [0.1, 0.15) is 42.2 Å². The second kappa shape index (κ2) is 7.05. The Balaban J connectivity index is 1.56. The number of nitrogens with zero attached hydrogens (tertiary/aromatic N) is 1. The van der Waals surface area contributed by atoms with Gasteiger partial charge in [-0.05, 0) is 49.2 Å². The Labute approximate surface area is 166 Å². The highest BCUT2D eigenvalue weighted by Gasteiger charge is 2.38. The average Bonchev–Trinajstić information content (AvgIpc) is 3.23. The second-order valence-corrected chi connectivity index (χ2v) is 7.00. The minimum atomic E-state index is -0.666. The smallest absolute Gasteiger partial charge is 0.407 e. The van der Waals surface area contributed by atoms with Crippen LogP contribution in [0.3, 0.4) is 0 Å². The van der Waals surface area contributed by atoms with Gasteiger partial charge in [-0.25, -0.2) is 14.5 Å². The number of hydrogen-bond donors (Lipinski definition) is 1. The summed E-state index contributed by atoms with van der Waals surface area (Å²) in [6.45, 7) is 3.86. The lowest BCUT2D eigenvalue weighted by Gasteiger charge is -2.17. The molecule has 1 saturated heterocycles. The Kier molecular flexibility index (Phi) is 4.54. The summed E-state index contributed by atoms with van der Waals surface area (Å²) in [7, 11) is 0. The Hall–Kier alpha value is -3.68. The number of rotatable bonds is 4. The number of fused-ring (bicyclic) bond motifs is 1. The molecule has 0 aromatic heterocycles. The summed E-state index contributed by atoms with van der Waals surface area (Å²) in [5.74, 6) is -1.58. The molecule has 2 aliphatic heterocycles.